The lowest BCUT2D eigenvalue weighted by atomic mass is 9.89. The summed E-state index contributed by atoms with van der Waals surface area (Å²) in [6, 6.07) is 10.5. The van der Waals surface area contributed by atoms with Crippen LogP contribution in [0.5, 0.6) is 0 Å². The van der Waals surface area contributed by atoms with Crippen LogP contribution in [0.15, 0.2) is 42.5 Å². The number of hydrogen-bond acceptors (Lipinski definition) is 1. The van der Waals surface area contributed by atoms with E-state index in [1.54, 1.807) is 6.08 Å². The van der Waals surface area contributed by atoms with Crippen LogP contribution in [0.1, 0.15) is 50.5 Å². The molecular formula is C19H27NO. The highest BCUT2D eigenvalue weighted by molar-refractivity contribution is 5.87. The minimum atomic E-state index is 0.0697. The Hall–Kier alpha value is -1.57. The van der Waals surface area contributed by atoms with Crippen LogP contribution in [0.3, 0.4) is 0 Å². The molecule has 1 aromatic rings. The molecule has 0 atom stereocenters. The Balaban J connectivity index is 1.55. The minimum Gasteiger partial charge on any atom is -0.352 e. The molecule has 0 saturated heterocycles. The lowest BCUT2D eigenvalue weighted by Gasteiger charge is -2.21. The third-order valence-corrected chi connectivity index (χ3v) is 4.24. The van der Waals surface area contributed by atoms with Crippen molar-refractivity contribution in [1.82, 2.24) is 5.32 Å². The van der Waals surface area contributed by atoms with Crippen LogP contribution in [0.2, 0.25) is 0 Å². The highest BCUT2D eigenvalue weighted by atomic mass is 16.1. The average molecular weight is 285 g/mol. The number of hydrogen-bond donors (Lipinski definition) is 1. The van der Waals surface area contributed by atoms with Crippen LogP contribution >= 0.6 is 0 Å². The lowest BCUT2D eigenvalue weighted by molar-refractivity contribution is -0.116. The molecule has 0 spiro atoms. The SMILES string of the molecule is O=C(C=CCCCc1ccccc1)NCC1CCCCC1. The van der Waals surface area contributed by atoms with E-state index in [0.717, 1.165) is 25.8 Å². The van der Waals surface area contributed by atoms with Gasteiger partial charge in [-0.3, -0.25) is 4.79 Å². The number of amides is 1. The van der Waals surface area contributed by atoms with E-state index in [1.807, 2.05) is 12.1 Å². The molecule has 0 bridgehead atoms. The smallest absolute Gasteiger partial charge is 0.243 e. The molecule has 21 heavy (non-hydrogen) atoms. The normalized spacial score (nSPS) is 16.2. The van der Waals surface area contributed by atoms with Crippen molar-refractivity contribution >= 4 is 5.91 Å². The first-order chi connectivity index (χ1) is 10.3. The summed E-state index contributed by atoms with van der Waals surface area (Å²) in [5, 5.41) is 3.04. The number of carbonyl (C=O) groups is 1. The van der Waals surface area contributed by atoms with Crippen molar-refractivity contribution in [2.75, 3.05) is 6.54 Å². The molecule has 2 rings (SSSR count). The number of unbranched alkanes of at least 4 members (excludes halogenated alkanes) is 1. The zero-order valence-corrected chi connectivity index (χ0v) is 12.9. The van der Waals surface area contributed by atoms with Gasteiger partial charge in [0.15, 0.2) is 0 Å². The van der Waals surface area contributed by atoms with Gasteiger partial charge in [0.05, 0.1) is 0 Å². The van der Waals surface area contributed by atoms with Gasteiger partial charge in [-0.1, -0.05) is 55.7 Å². The zero-order valence-electron chi connectivity index (χ0n) is 12.9. The molecule has 2 nitrogen and oxygen atoms in total. The van der Waals surface area contributed by atoms with Crippen molar-refractivity contribution < 1.29 is 4.79 Å². The van der Waals surface area contributed by atoms with E-state index in [2.05, 4.69) is 29.6 Å². The van der Waals surface area contributed by atoms with Gasteiger partial charge in [-0.05, 0) is 49.7 Å². The molecule has 1 aromatic carbocycles. The van der Waals surface area contributed by atoms with Crippen LogP contribution < -0.4 is 5.32 Å². The van der Waals surface area contributed by atoms with Crippen molar-refractivity contribution in [3.8, 4) is 0 Å². The molecule has 1 aliphatic carbocycles. The van der Waals surface area contributed by atoms with Crippen molar-refractivity contribution in [2.45, 2.75) is 51.4 Å². The molecular weight excluding hydrogens is 258 g/mol. The topological polar surface area (TPSA) is 29.1 Å². The monoisotopic (exact) mass is 285 g/mol. The number of benzene rings is 1. The minimum absolute atomic E-state index is 0.0697. The summed E-state index contributed by atoms with van der Waals surface area (Å²) in [4.78, 5) is 11.7. The summed E-state index contributed by atoms with van der Waals surface area (Å²) < 4.78 is 0. The van der Waals surface area contributed by atoms with Crippen LogP contribution in [-0.4, -0.2) is 12.5 Å². The third kappa shape index (κ3) is 6.61. The van der Waals surface area contributed by atoms with Gasteiger partial charge in [0, 0.05) is 6.54 Å². The fourth-order valence-electron chi connectivity index (χ4n) is 2.95. The molecule has 1 amide bonds. The van der Waals surface area contributed by atoms with Crippen molar-refractivity contribution in [2.24, 2.45) is 5.92 Å². The van der Waals surface area contributed by atoms with Crippen LogP contribution in [0.4, 0.5) is 0 Å². The summed E-state index contributed by atoms with van der Waals surface area (Å²) in [6.07, 6.45) is 13.4. The lowest BCUT2D eigenvalue weighted by Crippen LogP contribution is -2.28. The molecule has 1 fully saturated rings. The van der Waals surface area contributed by atoms with Gasteiger partial charge in [0.2, 0.25) is 5.91 Å². The van der Waals surface area contributed by atoms with E-state index >= 15 is 0 Å². The van der Waals surface area contributed by atoms with Crippen molar-refractivity contribution in [3.63, 3.8) is 0 Å². The molecule has 0 aromatic heterocycles. The number of nitrogens with one attached hydrogen (secondary N) is 1. The van der Waals surface area contributed by atoms with E-state index in [0.29, 0.717) is 5.92 Å². The molecule has 2 heteroatoms. The Morgan fingerprint density at radius 2 is 1.90 bits per heavy atom. The van der Waals surface area contributed by atoms with Crippen molar-refractivity contribution in [3.05, 3.63) is 48.0 Å². The van der Waals surface area contributed by atoms with Gasteiger partial charge in [-0.15, -0.1) is 0 Å². The van der Waals surface area contributed by atoms with E-state index in [9.17, 15) is 4.79 Å². The molecule has 0 heterocycles. The second kappa shape index (κ2) is 9.38. The third-order valence-electron chi connectivity index (χ3n) is 4.24. The Labute approximate surface area is 128 Å². The van der Waals surface area contributed by atoms with Gasteiger partial charge in [0.25, 0.3) is 0 Å². The standard InChI is InChI=1S/C19H27NO/c21-19(20-16-18-13-7-2-8-14-18)15-9-3-6-12-17-10-4-1-5-11-17/h1,4-5,9-11,15,18H,2-3,6-8,12-14,16H2,(H,20,21). The summed E-state index contributed by atoms with van der Waals surface area (Å²) in [5.41, 5.74) is 1.37. The highest BCUT2D eigenvalue weighted by Gasteiger charge is 2.13. The first-order valence-electron chi connectivity index (χ1n) is 8.33. The average Bonchev–Trinajstić information content (AvgIpc) is 2.54. The Bertz CT molecular complexity index is 432. The predicted molar refractivity (Wildman–Crippen MR) is 88.1 cm³/mol. The molecule has 1 aliphatic rings. The fourth-order valence-corrected chi connectivity index (χ4v) is 2.95. The summed E-state index contributed by atoms with van der Waals surface area (Å²) in [6.45, 7) is 0.854. The zero-order chi connectivity index (χ0) is 14.8. The Kier molecular flexibility index (Phi) is 7.06. The number of allylic oxidation sites excluding steroid dienone is 1. The summed E-state index contributed by atoms with van der Waals surface area (Å²) in [5.74, 6) is 0.773. The summed E-state index contributed by atoms with van der Waals surface area (Å²) in [7, 11) is 0. The van der Waals surface area contributed by atoms with E-state index in [1.165, 1.54) is 37.7 Å². The number of carbonyl (C=O) groups excluding carboxylic acids is 1. The summed E-state index contributed by atoms with van der Waals surface area (Å²) >= 11 is 0. The molecule has 0 aliphatic heterocycles. The quantitative estimate of drug-likeness (QED) is 0.588. The van der Waals surface area contributed by atoms with Gasteiger partial charge in [-0.2, -0.15) is 0 Å². The molecule has 0 unspecified atom stereocenters. The maximum Gasteiger partial charge on any atom is 0.243 e. The maximum atomic E-state index is 11.7. The highest BCUT2D eigenvalue weighted by Crippen LogP contribution is 2.22. The molecule has 1 N–H and O–H groups in total. The first kappa shape index (κ1) is 15.8. The van der Waals surface area contributed by atoms with E-state index in [-0.39, 0.29) is 5.91 Å². The fraction of sp³-hybridized carbons (Fsp3) is 0.526. The second-order valence-corrected chi connectivity index (χ2v) is 6.03. The second-order valence-electron chi connectivity index (χ2n) is 6.03. The van der Waals surface area contributed by atoms with Gasteiger partial charge < -0.3 is 5.32 Å². The molecule has 1 saturated carbocycles. The maximum absolute atomic E-state index is 11.7. The first-order valence-corrected chi connectivity index (χ1v) is 8.33. The predicted octanol–water partition coefficient (Wildman–Crippen LogP) is 4.26. The van der Waals surface area contributed by atoms with E-state index < -0.39 is 0 Å². The van der Waals surface area contributed by atoms with Crippen LogP contribution in [-0.2, 0) is 11.2 Å². The number of aryl methyl sites for hydroxylation is 1. The Morgan fingerprint density at radius 1 is 1.14 bits per heavy atom. The number of rotatable bonds is 7. The van der Waals surface area contributed by atoms with Crippen LogP contribution in [0, 0.1) is 5.92 Å². The van der Waals surface area contributed by atoms with E-state index in [4.69, 9.17) is 0 Å². The largest absolute Gasteiger partial charge is 0.352 e. The van der Waals surface area contributed by atoms with Gasteiger partial charge in [-0.25, -0.2) is 0 Å². The Morgan fingerprint density at radius 3 is 2.67 bits per heavy atom. The van der Waals surface area contributed by atoms with Crippen LogP contribution in [0.25, 0.3) is 0 Å². The van der Waals surface area contributed by atoms with Gasteiger partial charge in [0.1, 0.15) is 0 Å². The molecule has 0 radical (unpaired) electrons. The van der Waals surface area contributed by atoms with Gasteiger partial charge >= 0.3 is 0 Å². The molecule has 114 valence electrons. The van der Waals surface area contributed by atoms with Crippen molar-refractivity contribution in [1.29, 1.82) is 0 Å².